The van der Waals surface area contributed by atoms with Crippen LogP contribution in [0.25, 0.3) is 10.2 Å². The zero-order valence-corrected chi connectivity index (χ0v) is 10.0. The van der Waals surface area contributed by atoms with Gasteiger partial charge in [0, 0.05) is 4.88 Å². The van der Waals surface area contributed by atoms with Crippen molar-refractivity contribution in [3.8, 4) is 0 Å². The molecule has 2 aromatic heterocycles. The van der Waals surface area contributed by atoms with E-state index in [-0.39, 0.29) is 5.41 Å². The number of rotatable bonds is 0. The second-order valence-corrected chi connectivity index (χ2v) is 5.85. The van der Waals surface area contributed by atoms with Gasteiger partial charge in [-0.3, -0.25) is 0 Å². The molecule has 0 radical (unpaired) electrons. The Labute approximate surface area is 92.7 Å². The van der Waals surface area contributed by atoms with Crippen molar-refractivity contribution in [2.75, 3.05) is 0 Å². The summed E-state index contributed by atoms with van der Waals surface area (Å²) in [7, 11) is 0. The molecule has 0 aliphatic carbocycles. The lowest BCUT2D eigenvalue weighted by molar-refractivity contribution is 0.604. The smallest absolute Gasteiger partial charge is 0.129 e. The van der Waals surface area contributed by atoms with Gasteiger partial charge >= 0.3 is 0 Å². The number of aromatic nitrogens is 1. The van der Waals surface area contributed by atoms with Crippen LogP contribution in [0.4, 0.5) is 0 Å². The van der Waals surface area contributed by atoms with Gasteiger partial charge < -0.3 is 0 Å². The summed E-state index contributed by atoms with van der Waals surface area (Å²) in [5, 5.41) is 0.566. The van der Waals surface area contributed by atoms with Crippen LogP contribution in [0.1, 0.15) is 25.6 Å². The van der Waals surface area contributed by atoms with E-state index in [9.17, 15) is 0 Å². The third-order valence-corrected chi connectivity index (χ3v) is 3.80. The maximum Gasteiger partial charge on any atom is 0.129 e. The minimum Gasteiger partial charge on any atom is -0.235 e. The van der Waals surface area contributed by atoms with E-state index in [1.54, 1.807) is 11.3 Å². The Kier molecular flexibility index (Phi) is 2.28. The zero-order valence-electron chi connectivity index (χ0n) is 8.47. The van der Waals surface area contributed by atoms with E-state index in [2.05, 4.69) is 31.8 Å². The average molecular weight is 226 g/mol. The van der Waals surface area contributed by atoms with E-state index < -0.39 is 0 Å². The molecule has 0 amide bonds. The lowest BCUT2D eigenvalue weighted by Crippen LogP contribution is -2.07. The van der Waals surface area contributed by atoms with E-state index >= 15 is 0 Å². The van der Waals surface area contributed by atoms with Gasteiger partial charge in [0.1, 0.15) is 5.15 Å². The lowest BCUT2D eigenvalue weighted by Gasteiger charge is -2.14. The fourth-order valence-electron chi connectivity index (χ4n) is 1.27. The fraction of sp³-hybridized carbons (Fsp3) is 0.364. The van der Waals surface area contributed by atoms with Crippen LogP contribution in [-0.4, -0.2) is 4.98 Å². The molecule has 0 unspecified atom stereocenters. The van der Waals surface area contributed by atoms with E-state index in [1.807, 2.05) is 12.1 Å². The highest BCUT2D eigenvalue weighted by Crippen LogP contribution is 2.33. The quantitative estimate of drug-likeness (QED) is 0.611. The first-order chi connectivity index (χ1) is 6.47. The molecule has 3 heteroatoms. The van der Waals surface area contributed by atoms with Crippen molar-refractivity contribution in [2.24, 2.45) is 0 Å². The molecule has 0 aromatic carbocycles. The summed E-state index contributed by atoms with van der Waals surface area (Å²) in [5.74, 6) is 0. The van der Waals surface area contributed by atoms with Crippen LogP contribution in [0.5, 0.6) is 0 Å². The molecule has 0 atom stereocenters. The molecule has 0 fully saturated rings. The molecule has 0 aliphatic rings. The van der Waals surface area contributed by atoms with Crippen LogP contribution in [0, 0.1) is 0 Å². The Morgan fingerprint density at radius 1 is 1.29 bits per heavy atom. The van der Waals surface area contributed by atoms with Crippen molar-refractivity contribution in [3.63, 3.8) is 0 Å². The van der Waals surface area contributed by atoms with Gasteiger partial charge in [-0.25, -0.2) is 4.98 Å². The number of pyridine rings is 1. The van der Waals surface area contributed by atoms with E-state index in [0.29, 0.717) is 5.15 Å². The molecule has 0 aliphatic heterocycles. The molecule has 14 heavy (non-hydrogen) atoms. The Morgan fingerprint density at radius 3 is 2.64 bits per heavy atom. The van der Waals surface area contributed by atoms with Crippen LogP contribution in [0.3, 0.4) is 0 Å². The van der Waals surface area contributed by atoms with Crippen molar-refractivity contribution in [3.05, 3.63) is 28.2 Å². The largest absolute Gasteiger partial charge is 0.235 e. The summed E-state index contributed by atoms with van der Waals surface area (Å²) in [6, 6.07) is 6.00. The molecule has 2 rings (SSSR count). The molecule has 0 saturated carbocycles. The number of hydrogen-bond donors (Lipinski definition) is 0. The van der Waals surface area contributed by atoms with Gasteiger partial charge in [-0.2, -0.15) is 0 Å². The second-order valence-electron chi connectivity index (χ2n) is 4.38. The van der Waals surface area contributed by atoms with E-state index in [0.717, 1.165) is 5.52 Å². The minimum absolute atomic E-state index is 0.192. The zero-order chi connectivity index (χ0) is 10.3. The Hall–Kier alpha value is -0.600. The van der Waals surface area contributed by atoms with E-state index in [4.69, 9.17) is 11.6 Å². The Bertz CT molecular complexity index is 468. The third-order valence-electron chi connectivity index (χ3n) is 2.08. The first-order valence-electron chi connectivity index (χ1n) is 4.53. The summed E-state index contributed by atoms with van der Waals surface area (Å²) < 4.78 is 1.21. The fourth-order valence-corrected chi connectivity index (χ4v) is 2.48. The number of halogens is 1. The molecule has 0 spiro atoms. The van der Waals surface area contributed by atoms with Crippen LogP contribution in [-0.2, 0) is 5.41 Å². The maximum absolute atomic E-state index is 5.84. The van der Waals surface area contributed by atoms with Gasteiger partial charge in [0.25, 0.3) is 0 Å². The van der Waals surface area contributed by atoms with Crippen molar-refractivity contribution in [1.82, 2.24) is 4.98 Å². The van der Waals surface area contributed by atoms with E-state index in [1.165, 1.54) is 9.58 Å². The van der Waals surface area contributed by atoms with Crippen molar-refractivity contribution in [1.29, 1.82) is 0 Å². The molecule has 0 bridgehead atoms. The van der Waals surface area contributed by atoms with Gasteiger partial charge in [-0.05, 0) is 23.6 Å². The predicted octanol–water partition coefficient (Wildman–Crippen LogP) is 4.25. The second kappa shape index (κ2) is 3.21. The highest BCUT2D eigenvalue weighted by Gasteiger charge is 2.17. The van der Waals surface area contributed by atoms with Crippen LogP contribution >= 0.6 is 22.9 Å². The Balaban J connectivity index is 2.63. The normalized spacial score (nSPS) is 12.3. The van der Waals surface area contributed by atoms with Gasteiger partial charge in [0.15, 0.2) is 0 Å². The average Bonchev–Trinajstić information content (AvgIpc) is 2.45. The van der Waals surface area contributed by atoms with Gasteiger partial charge in [-0.15, -0.1) is 11.3 Å². The molecule has 0 saturated heterocycles. The topological polar surface area (TPSA) is 12.9 Å². The Morgan fingerprint density at radius 2 is 2.00 bits per heavy atom. The van der Waals surface area contributed by atoms with Gasteiger partial charge in [0.05, 0.1) is 10.2 Å². The number of hydrogen-bond acceptors (Lipinski definition) is 2. The van der Waals surface area contributed by atoms with Crippen molar-refractivity contribution in [2.45, 2.75) is 26.2 Å². The van der Waals surface area contributed by atoms with Crippen LogP contribution in [0.2, 0.25) is 5.15 Å². The molecule has 1 nitrogen and oxygen atoms in total. The maximum atomic E-state index is 5.84. The van der Waals surface area contributed by atoms with Crippen molar-refractivity contribution >= 4 is 33.2 Å². The first kappa shape index (κ1) is 9.94. The van der Waals surface area contributed by atoms with Crippen LogP contribution in [0.15, 0.2) is 18.2 Å². The molecular weight excluding hydrogens is 214 g/mol. The number of nitrogens with zero attached hydrogens (tertiary/aromatic N) is 1. The summed E-state index contributed by atoms with van der Waals surface area (Å²) in [4.78, 5) is 5.63. The van der Waals surface area contributed by atoms with Crippen molar-refractivity contribution < 1.29 is 0 Å². The monoisotopic (exact) mass is 225 g/mol. The summed E-state index contributed by atoms with van der Waals surface area (Å²) in [6.07, 6.45) is 0. The molecular formula is C11H12ClNS. The summed E-state index contributed by atoms with van der Waals surface area (Å²) in [6.45, 7) is 6.62. The highest BCUT2D eigenvalue weighted by atomic mass is 35.5. The molecule has 2 aromatic rings. The minimum atomic E-state index is 0.192. The number of thiophene rings is 1. The molecule has 74 valence electrons. The third kappa shape index (κ3) is 1.77. The van der Waals surface area contributed by atoms with Crippen LogP contribution < -0.4 is 0 Å². The summed E-state index contributed by atoms with van der Waals surface area (Å²) in [5.41, 5.74) is 1.20. The standard InChI is InChI=1S/C11H12ClNS/c1-11(2,3)9-6-7-8(14-9)4-5-10(12)13-7/h4-6H,1-3H3. The van der Waals surface area contributed by atoms with Gasteiger partial charge in [-0.1, -0.05) is 32.4 Å². The summed E-state index contributed by atoms with van der Waals surface area (Å²) >= 11 is 7.63. The first-order valence-corrected chi connectivity index (χ1v) is 5.73. The number of fused-ring (bicyclic) bond motifs is 1. The molecule has 2 heterocycles. The predicted molar refractivity (Wildman–Crippen MR) is 63.3 cm³/mol. The lowest BCUT2D eigenvalue weighted by atomic mass is 9.95. The molecule has 0 N–H and O–H groups in total. The van der Waals surface area contributed by atoms with Gasteiger partial charge in [0.2, 0.25) is 0 Å². The highest BCUT2D eigenvalue weighted by molar-refractivity contribution is 7.19. The SMILES string of the molecule is CC(C)(C)c1cc2nc(Cl)ccc2s1.